The maximum Gasteiger partial charge on any atom is 0.235 e. The first kappa shape index (κ1) is 12.7. The molecular formula is C13H15N3OS2. The molecule has 100 valence electrons. The van der Waals surface area contributed by atoms with Crippen LogP contribution in [-0.2, 0) is 24.1 Å². The molecule has 0 saturated heterocycles. The summed E-state index contributed by atoms with van der Waals surface area (Å²) in [5.74, 6) is 0.0565. The average molecular weight is 293 g/mol. The minimum Gasteiger partial charge on any atom is -0.291 e. The number of anilines is 1. The van der Waals surface area contributed by atoms with E-state index in [0.717, 1.165) is 23.0 Å². The third-order valence-corrected chi connectivity index (χ3v) is 5.29. The van der Waals surface area contributed by atoms with Gasteiger partial charge in [-0.15, -0.1) is 22.7 Å². The Kier molecular flexibility index (Phi) is 3.61. The fourth-order valence-electron chi connectivity index (χ4n) is 2.18. The Labute approximate surface area is 120 Å². The summed E-state index contributed by atoms with van der Waals surface area (Å²) in [5.41, 5.74) is 1.19. The highest BCUT2D eigenvalue weighted by atomic mass is 32.1. The lowest BCUT2D eigenvalue weighted by Gasteiger charge is -2.12. The molecule has 2 aromatic heterocycles. The monoisotopic (exact) mass is 293 g/mol. The van der Waals surface area contributed by atoms with E-state index in [1.54, 1.807) is 29.5 Å². The zero-order chi connectivity index (χ0) is 13.2. The summed E-state index contributed by atoms with van der Waals surface area (Å²) in [6.45, 7) is 0. The Morgan fingerprint density at radius 1 is 1.42 bits per heavy atom. The molecule has 0 fully saturated rings. The van der Waals surface area contributed by atoms with Gasteiger partial charge in [0, 0.05) is 23.5 Å². The molecule has 1 aliphatic carbocycles. The van der Waals surface area contributed by atoms with Crippen LogP contribution in [0.25, 0.3) is 0 Å². The molecule has 0 aromatic carbocycles. The Balaban J connectivity index is 1.74. The predicted octanol–water partition coefficient (Wildman–Crippen LogP) is 2.68. The van der Waals surface area contributed by atoms with Gasteiger partial charge >= 0.3 is 0 Å². The van der Waals surface area contributed by atoms with Gasteiger partial charge in [0.1, 0.15) is 5.01 Å². The minimum atomic E-state index is 0.0565. The number of carbonyl (C=O) groups is 1. The number of thiazole rings is 2. The van der Waals surface area contributed by atoms with Crippen molar-refractivity contribution >= 4 is 33.7 Å². The van der Waals surface area contributed by atoms with Crippen molar-refractivity contribution in [3.63, 3.8) is 0 Å². The molecule has 0 atom stereocenters. The Hall–Kier alpha value is -1.27. The van der Waals surface area contributed by atoms with Crippen molar-refractivity contribution in [2.24, 2.45) is 0 Å². The molecule has 4 nitrogen and oxygen atoms in total. The van der Waals surface area contributed by atoms with Crippen molar-refractivity contribution < 1.29 is 4.79 Å². The molecule has 6 heteroatoms. The second kappa shape index (κ2) is 5.38. The van der Waals surface area contributed by atoms with Crippen molar-refractivity contribution in [1.29, 1.82) is 0 Å². The first-order valence-electron chi connectivity index (χ1n) is 6.37. The number of likely N-dealkylation sites (N-methyl/N-ethyl adjacent to an activating group) is 1. The Bertz CT molecular complexity index is 553. The molecule has 19 heavy (non-hydrogen) atoms. The van der Waals surface area contributed by atoms with Gasteiger partial charge in [0.25, 0.3) is 0 Å². The van der Waals surface area contributed by atoms with Crippen molar-refractivity contribution in [3.8, 4) is 0 Å². The second-order valence-corrected chi connectivity index (χ2v) is 6.67. The van der Waals surface area contributed by atoms with Gasteiger partial charge in [-0.25, -0.2) is 9.97 Å². The summed E-state index contributed by atoms with van der Waals surface area (Å²) >= 11 is 3.18. The molecule has 1 amide bonds. The molecule has 0 bridgehead atoms. The maximum atomic E-state index is 12.2. The number of fused-ring (bicyclic) bond motifs is 1. The highest BCUT2D eigenvalue weighted by molar-refractivity contribution is 7.16. The third-order valence-electron chi connectivity index (χ3n) is 3.28. The molecule has 0 N–H and O–H groups in total. The zero-order valence-electron chi connectivity index (χ0n) is 10.8. The van der Waals surface area contributed by atoms with E-state index in [4.69, 9.17) is 0 Å². The quantitative estimate of drug-likeness (QED) is 0.874. The lowest BCUT2D eigenvalue weighted by atomic mass is 10.0. The molecule has 2 aromatic rings. The van der Waals surface area contributed by atoms with Gasteiger partial charge in [0.15, 0.2) is 5.13 Å². The molecular weight excluding hydrogens is 278 g/mol. The van der Waals surface area contributed by atoms with Crippen LogP contribution in [0.2, 0.25) is 0 Å². The topological polar surface area (TPSA) is 46.1 Å². The van der Waals surface area contributed by atoms with Gasteiger partial charge < -0.3 is 0 Å². The van der Waals surface area contributed by atoms with E-state index in [0.29, 0.717) is 6.42 Å². The molecule has 0 spiro atoms. The summed E-state index contributed by atoms with van der Waals surface area (Å²) in [5, 5.41) is 3.58. The first-order chi connectivity index (χ1) is 9.24. The van der Waals surface area contributed by atoms with Gasteiger partial charge in [-0.05, 0) is 25.7 Å². The van der Waals surface area contributed by atoms with Gasteiger partial charge in [-0.3, -0.25) is 9.69 Å². The van der Waals surface area contributed by atoms with E-state index in [9.17, 15) is 4.79 Å². The summed E-state index contributed by atoms with van der Waals surface area (Å²) in [6, 6.07) is 0. The minimum absolute atomic E-state index is 0.0565. The van der Waals surface area contributed by atoms with Gasteiger partial charge in [-0.2, -0.15) is 0 Å². The fourth-order valence-corrected chi connectivity index (χ4v) is 3.91. The van der Waals surface area contributed by atoms with E-state index in [2.05, 4.69) is 9.97 Å². The standard InChI is InChI=1S/C13H15N3OS2/c1-16(12(17)8-11-14-6-7-18-11)13-15-9-4-2-3-5-10(9)19-13/h6-7H,2-5,8H2,1H3. The van der Waals surface area contributed by atoms with E-state index in [-0.39, 0.29) is 5.91 Å². The summed E-state index contributed by atoms with van der Waals surface area (Å²) in [6.07, 6.45) is 6.72. The van der Waals surface area contributed by atoms with Crippen LogP contribution >= 0.6 is 22.7 Å². The number of rotatable bonds is 3. The largest absolute Gasteiger partial charge is 0.291 e. The van der Waals surface area contributed by atoms with E-state index in [1.165, 1.54) is 34.7 Å². The number of carbonyl (C=O) groups excluding carboxylic acids is 1. The summed E-state index contributed by atoms with van der Waals surface area (Å²) in [7, 11) is 1.81. The lowest BCUT2D eigenvalue weighted by Crippen LogP contribution is -2.27. The van der Waals surface area contributed by atoms with Gasteiger partial charge in [0.2, 0.25) is 5.91 Å². The number of aromatic nitrogens is 2. The summed E-state index contributed by atoms with van der Waals surface area (Å²) < 4.78 is 0. The summed E-state index contributed by atoms with van der Waals surface area (Å²) in [4.78, 5) is 24.0. The van der Waals surface area contributed by atoms with Crippen LogP contribution in [0, 0.1) is 0 Å². The lowest BCUT2D eigenvalue weighted by molar-refractivity contribution is -0.117. The SMILES string of the molecule is CN(C(=O)Cc1nccs1)c1nc2c(s1)CCCC2. The van der Waals surface area contributed by atoms with Crippen LogP contribution in [0.3, 0.4) is 0 Å². The molecule has 2 heterocycles. The van der Waals surface area contributed by atoms with Crippen molar-refractivity contribution in [2.45, 2.75) is 32.1 Å². The molecule has 3 rings (SSSR count). The molecule has 0 aliphatic heterocycles. The first-order valence-corrected chi connectivity index (χ1v) is 8.07. The molecule has 0 unspecified atom stereocenters. The Morgan fingerprint density at radius 3 is 3.00 bits per heavy atom. The number of aryl methyl sites for hydroxylation is 2. The number of amides is 1. The number of nitrogens with zero attached hydrogens (tertiary/aromatic N) is 3. The normalized spacial score (nSPS) is 14.2. The number of hydrogen-bond acceptors (Lipinski definition) is 5. The average Bonchev–Trinajstić information content (AvgIpc) is 3.05. The number of hydrogen-bond donors (Lipinski definition) is 0. The van der Waals surface area contributed by atoms with Crippen LogP contribution < -0.4 is 4.90 Å². The third kappa shape index (κ3) is 2.69. The van der Waals surface area contributed by atoms with Gasteiger partial charge in [-0.1, -0.05) is 0 Å². The van der Waals surface area contributed by atoms with Gasteiger partial charge in [0.05, 0.1) is 12.1 Å². The van der Waals surface area contributed by atoms with Crippen LogP contribution in [0.5, 0.6) is 0 Å². The molecule has 0 saturated carbocycles. The fraction of sp³-hybridized carbons (Fsp3) is 0.462. The van der Waals surface area contributed by atoms with Crippen LogP contribution in [-0.4, -0.2) is 22.9 Å². The van der Waals surface area contributed by atoms with E-state index in [1.807, 2.05) is 5.38 Å². The van der Waals surface area contributed by atoms with Crippen molar-refractivity contribution in [2.75, 3.05) is 11.9 Å². The van der Waals surface area contributed by atoms with Crippen LogP contribution in [0.1, 0.15) is 28.4 Å². The Morgan fingerprint density at radius 2 is 2.26 bits per heavy atom. The van der Waals surface area contributed by atoms with Crippen molar-refractivity contribution in [1.82, 2.24) is 9.97 Å². The van der Waals surface area contributed by atoms with Crippen LogP contribution in [0.15, 0.2) is 11.6 Å². The van der Waals surface area contributed by atoms with Crippen molar-refractivity contribution in [3.05, 3.63) is 27.2 Å². The predicted molar refractivity (Wildman–Crippen MR) is 78.0 cm³/mol. The smallest absolute Gasteiger partial charge is 0.235 e. The van der Waals surface area contributed by atoms with E-state index >= 15 is 0 Å². The highest BCUT2D eigenvalue weighted by Crippen LogP contribution is 2.31. The zero-order valence-corrected chi connectivity index (χ0v) is 12.4. The van der Waals surface area contributed by atoms with E-state index < -0.39 is 0 Å². The second-order valence-electron chi connectivity index (χ2n) is 4.63. The highest BCUT2D eigenvalue weighted by Gasteiger charge is 2.20. The molecule has 1 aliphatic rings. The maximum absolute atomic E-state index is 12.2. The van der Waals surface area contributed by atoms with Crippen LogP contribution in [0.4, 0.5) is 5.13 Å². The molecule has 0 radical (unpaired) electrons.